The average Bonchev–Trinajstić information content (AvgIpc) is 2.70. The molecule has 2 heteroatoms. The molecule has 2 nitrogen and oxygen atoms in total. The number of hydrogen-bond donors (Lipinski definition) is 2. The summed E-state index contributed by atoms with van der Waals surface area (Å²) in [5, 5.41) is 7.07. The molecule has 0 radical (unpaired) electrons. The SMILES string of the molecule is C=C/C=C\c1cccc2c1CNC(/C=C/C=C(\C=C/CC)CC)N2.CC. The highest BCUT2D eigenvalue weighted by atomic mass is 15.1. The maximum Gasteiger partial charge on any atom is 0.0966 e. The minimum atomic E-state index is 0.153. The lowest BCUT2D eigenvalue weighted by atomic mass is 10.0. The van der Waals surface area contributed by atoms with Crippen LogP contribution in [0.25, 0.3) is 6.08 Å². The van der Waals surface area contributed by atoms with Crippen LogP contribution in [0.3, 0.4) is 0 Å². The maximum atomic E-state index is 3.74. The first-order valence-corrected chi connectivity index (χ1v) is 9.73. The van der Waals surface area contributed by atoms with E-state index < -0.39 is 0 Å². The van der Waals surface area contributed by atoms with Gasteiger partial charge in [-0.05, 0) is 41.7 Å². The zero-order chi connectivity index (χ0) is 19.2. The van der Waals surface area contributed by atoms with Crippen LogP contribution in [0.5, 0.6) is 0 Å². The molecule has 1 aromatic carbocycles. The molecule has 1 aliphatic heterocycles. The molecule has 1 aromatic rings. The van der Waals surface area contributed by atoms with Crippen LogP contribution in [0.15, 0.2) is 72.9 Å². The van der Waals surface area contributed by atoms with Gasteiger partial charge in [-0.15, -0.1) is 0 Å². The Morgan fingerprint density at radius 3 is 2.73 bits per heavy atom. The topological polar surface area (TPSA) is 24.1 Å². The zero-order valence-corrected chi connectivity index (χ0v) is 16.8. The Labute approximate surface area is 160 Å². The molecule has 1 atom stereocenters. The van der Waals surface area contributed by atoms with Gasteiger partial charge in [0.2, 0.25) is 0 Å². The molecule has 0 fully saturated rings. The van der Waals surface area contributed by atoms with E-state index in [0.717, 1.165) is 19.4 Å². The Balaban J connectivity index is 0.00000163. The van der Waals surface area contributed by atoms with Crippen molar-refractivity contribution in [2.24, 2.45) is 0 Å². The number of allylic oxidation sites excluding steroid dienone is 7. The van der Waals surface area contributed by atoms with Gasteiger partial charge in [-0.3, -0.25) is 5.32 Å². The van der Waals surface area contributed by atoms with E-state index in [1.807, 2.05) is 19.9 Å². The highest BCUT2D eigenvalue weighted by molar-refractivity contribution is 5.66. The van der Waals surface area contributed by atoms with Crippen LogP contribution in [-0.2, 0) is 6.54 Å². The summed E-state index contributed by atoms with van der Waals surface area (Å²) in [6, 6.07) is 6.36. The first-order chi connectivity index (χ1) is 12.8. The predicted octanol–water partition coefficient (Wildman–Crippen LogP) is 6.61. The van der Waals surface area contributed by atoms with Crippen LogP contribution in [0.4, 0.5) is 5.69 Å². The lowest BCUT2D eigenvalue weighted by Gasteiger charge is -2.27. The van der Waals surface area contributed by atoms with Crippen molar-refractivity contribution in [2.75, 3.05) is 5.32 Å². The Morgan fingerprint density at radius 1 is 1.23 bits per heavy atom. The van der Waals surface area contributed by atoms with Gasteiger partial charge in [0.05, 0.1) is 6.17 Å². The molecule has 1 heterocycles. The van der Waals surface area contributed by atoms with Crippen molar-refractivity contribution in [3.05, 3.63) is 84.0 Å². The molecular formula is C24H34N2. The standard InChI is InChI=1S/C22H28N2.C2H6/c1-4-7-11-18(6-3)12-9-16-22-23-17-20-19(13-8-5-2)14-10-15-21(20)24-22;1-2/h5,7-16,22-24H,2,4,6,17H2,1,3H3;1-2H3/b11-7-,13-8-,16-9+,18-12-;. The van der Waals surface area contributed by atoms with Gasteiger partial charge in [0.1, 0.15) is 0 Å². The largest absolute Gasteiger partial charge is 0.366 e. The summed E-state index contributed by atoms with van der Waals surface area (Å²) in [5.74, 6) is 0. The van der Waals surface area contributed by atoms with Gasteiger partial charge in [-0.2, -0.15) is 0 Å². The maximum absolute atomic E-state index is 3.74. The monoisotopic (exact) mass is 350 g/mol. The third-order valence-electron chi connectivity index (χ3n) is 4.02. The summed E-state index contributed by atoms with van der Waals surface area (Å²) in [4.78, 5) is 0. The minimum Gasteiger partial charge on any atom is -0.366 e. The molecular weight excluding hydrogens is 316 g/mol. The van der Waals surface area contributed by atoms with Crippen molar-refractivity contribution >= 4 is 11.8 Å². The van der Waals surface area contributed by atoms with Gasteiger partial charge in [-0.1, -0.05) is 88.9 Å². The van der Waals surface area contributed by atoms with Gasteiger partial charge < -0.3 is 5.32 Å². The number of rotatable bonds is 7. The van der Waals surface area contributed by atoms with Gasteiger partial charge in [0.15, 0.2) is 0 Å². The molecule has 1 unspecified atom stereocenters. The smallest absolute Gasteiger partial charge is 0.0966 e. The van der Waals surface area contributed by atoms with E-state index >= 15 is 0 Å². The van der Waals surface area contributed by atoms with Crippen LogP contribution >= 0.6 is 0 Å². The third kappa shape index (κ3) is 6.89. The molecule has 0 aliphatic carbocycles. The van der Waals surface area contributed by atoms with E-state index in [0.29, 0.717) is 0 Å². The molecule has 1 aliphatic rings. The number of anilines is 1. The summed E-state index contributed by atoms with van der Waals surface area (Å²) in [6.45, 7) is 12.9. The lowest BCUT2D eigenvalue weighted by molar-refractivity contribution is 0.620. The summed E-state index contributed by atoms with van der Waals surface area (Å²) in [7, 11) is 0. The second-order valence-corrected chi connectivity index (χ2v) is 5.76. The Hall–Kier alpha value is -2.32. The quantitative estimate of drug-likeness (QED) is 0.540. The Bertz CT molecular complexity index is 663. The zero-order valence-electron chi connectivity index (χ0n) is 16.8. The van der Waals surface area contributed by atoms with Crippen LogP contribution in [0.2, 0.25) is 0 Å². The molecule has 0 saturated heterocycles. The number of benzene rings is 1. The molecule has 26 heavy (non-hydrogen) atoms. The van der Waals surface area contributed by atoms with Crippen molar-refractivity contribution in [1.82, 2.24) is 5.32 Å². The summed E-state index contributed by atoms with van der Waals surface area (Å²) in [6.07, 6.45) is 19.1. The van der Waals surface area contributed by atoms with Crippen molar-refractivity contribution < 1.29 is 0 Å². The molecule has 0 spiro atoms. The second-order valence-electron chi connectivity index (χ2n) is 5.76. The van der Waals surface area contributed by atoms with E-state index in [-0.39, 0.29) is 6.17 Å². The number of hydrogen-bond acceptors (Lipinski definition) is 2. The van der Waals surface area contributed by atoms with E-state index in [4.69, 9.17) is 0 Å². The summed E-state index contributed by atoms with van der Waals surface area (Å²) >= 11 is 0. The highest BCUT2D eigenvalue weighted by Crippen LogP contribution is 2.25. The Kier molecular flexibility index (Phi) is 10.8. The van der Waals surface area contributed by atoms with E-state index in [1.54, 1.807) is 6.08 Å². The van der Waals surface area contributed by atoms with E-state index in [2.05, 4.69) is 85.7 Å². The van der Waals surface area contributed by atoms with Crippen molar-refractivity contribution in [1.29, 1.82) is 0 Å². The van der Waals surface area contributed by atoms with Crippen molar-refractivity contribution in [3.8, 4) is 0 Å². The Morgan fingerprint density at radius 2 is 2.04 bits per heavy atom. The predicted molar refractivity (Wildman–Crippen MR) is 118 cm³/mol. The number of nitrogens with one attached hydrogen (secondary N) is 2. The van der Waals surface area contributed by atoms with Crippen LogP contribution in [-0.4, -0.2) is 6.17 Å². The molecule has 0 saturated carbocycles. The fourth-order valence-electron chi connectivity index (χ4n) is 2.66. The molecule has 0 bridgehead atoms. The van der Waals surface area contributed by atoms with Crippen LogP contribution < -0.4 is 10.6 Å². The van der Waals surface area contributed by atoms with Crippen molar-refractivity contribution in [3.63, 3.8) is 0 Å². The molecule has 140 valence electrons. The molecule has 0 aromatic heterocycles. The van der Waals surface area contributed by atoms with Crippen LogP contribution in [0, 0.1) is 0 Å². The van der Waals surface area contributed by atoms with Gasteiger partial charge in [0, 0.05) is 12.2 Å². The minimum absolute atomic E-state index is 0.153. The number of fused-ring (bicyclic) bond motifs is 1. The average molecular weight is 351 g/mol. The van der Waals surface area contributed by atoms with Gasteiger partial charge in [0.25, 0.3) is 0 Å². The first-order valence-electron chi connectivity index (χ1n) is 9.73. The summed E-state index contributed by atoms with van der Waals surface area (Å²) < 4.78 is 0. The normalized spacial score (nSPS) is 17.1. The fraction of sp³-hybridized carbons (Fsp3) is 0.333. The highest BCUT2D eigenvalue weighted by Gasteiger charge is 2.15. The van der Waals surface area contributed by atoms with Crippen LogP contribution in [0.1, 0.15) is 51.7 Å². The molecule has 0 amide bonds. The molecule has 2 N–H and O–H groups in total. The lowest BCUT2D eigenvalue weighted by Crippen LogP contribution is -2.38. The van der Waals surface area contributed by atoms with E-state index in [9.17, 15) is 0 Å². The third-order valence-corrected chi connectivity index (χ3v) is 4.02. The van der Waals surface area contributed by atoms with Gasteiger partial charge in [-0.25, -0.2) is 0 Å². The van der Waals surface area contributed by atoms with Crippen molar-refractivity contribution in [2.45, 2.75) is 53.2 Å². The first kappa shape index (κ1) is 21.7. The molecule has 2 rings (SSSR count). The van der Waals surface area contributed by atoms with Gasteiger partial charge >= 0.3 is 0 Å². The second kappa shape index (κ2) is 13.0. The summed E-state index contributed by atoms with van der Waals surface area (Å²) in [5.41, 5.74) is 5.07. The van der Waals surface area contributed by atoms with E-state index in [1.165, 1.54) is 22.4 Å². The fourth-order valence-corrected chi connectivity index (χ4v) is 2.66.